The number of esters is 1. The standard InChI is InChI=1S/C6H12O6/c7-1-4(9)3-12-6(11)5(10)2-8/h4-5,7-10H,1-3H2. The van der Waals surface area contributed by atoms with Gasteiger partial charge < -0.3 is 25.2 Å². The molecule has 0 aliphatic carbocycles. The van der Waals surface area contributed by atoms with Crippen molar-refractivity contribution < 1.29 is 30.0 Å². The van der Waals surface area contributed by atoms with Crippen LogP contribution in [0.1, 0.15) is 0 Å². The van der Waals surface area contributed by atoms with E-state index in [0.29, 0.717) is 0 Å². The van der Waals surface area contributed by atoms with Crippen molar-refractivity contribution in [3.05, 3.63) is 0 Å². The van der Waals surface area contributed by atoms with Crippen molar-refractivity contribution in [2.75, 3.05) is 19.8 Å². The van der Waals surface area contributed by atoms with Gasteiger partial charge in [0.15, 0.2) is 6.10 Å². The highest BCUT2D eigenvalue weighted by Crippen LogP contribution is 1.90. The molecule has 0 bridgehead atoms. The third-order valence-electron chi connectivity index (χ3n) is 1.07. The summed E-state index contributed by atoms with van der Waals surface area (Å²) in [6.07, 6.45) is -2.74. The van der Waals surface area contributed by atoms with Crippen molar-refractivity contribution >= 4 is 5.97 Å². The molecule has 0 amide bonds. The number of rotatable bonds is 5. The van der Waals surface area contributed by atoms with Gasteiger partial charge in [0.1, 0.15) is 12.7 Å². The topological polar surface area (TPSA) is 107 Å². The van der Waals surface area contributed by atoms with Gasteiger partial charge >= 0.3 is 5.97 Å². The van der Waals surface area contributed by atoms with Gasteiger partial charge in [-0.2, -0.15) is 0 Å². The first-order valence-corrected chi connectivity index (χ1v) is 3.36. The van der Waals surface area contributed by atoms with Gasteiger partial charge in [0.05, 0.1) is 13.2 Å². The maximum atomic E-state index is 10.6. The molecule has 0 rings (SSSR count). The second kappa shape index (κ2) is 5.90. The van der Waals surface area contributed by atoms with Gasteiger partial charge in [0, 0.05) is 0 Å². The molecule has 0 saturated carbocycles. The quantitative estimate of drug-likeness (QED) is 0.341. The summed E-state index contributed by atoms with van der Waals surface area (Å²) >= 11 is 0. The van der Waals surface area contributed by atoms with E-state index < -0.39 is 38.0 Å². The van der Waals surface area contributed by atoms with Crippen LogP contribution in [0.4, 0.5) is 0 Å². The lowest BCUT2D eigenvalue weighted by Crippen LogP contribution is -2.30. The molecular weight excluding hydrogens is 168 g/mol. The minimum Gasteiger partial charge on any atom is -0.461 e. The summed E-state index contributed by atoms with van der Waals surface area (Å²) in [6.45, 7) is -1.65. The summed E-state index contributed by atoms with van der Waals surface area (Å²) in [5, 5.41) is 33.9. The Labute approximate surface area is 69.0 Å². The maximum absolute atomic E-state index is 10.6. The van der Waals surface area contributed by atoms with E-state index in [1.807, 2.05) is 0 Å². The third-order valence-corrected chi connectivity index (χ3v) is 1.07. The Morgan fingerprint density at radius 3 is 2.25 bits per heavy atom. The largest absolute Gasteiger partial charge is 0.461 e. The molecule has 0 aromatic rings. The van der Waals surface area contributed by atoms with E-state index in [1.165, 1.54) is 0 Å². The number of carbonyl (C=O) groups is 1. The fourth-order valence-electron chi connectivity index (χ4n) is 0.402. The number of aliphatic hydroxyl groups excluding tert-OH is 4. The number of aliphatic hydroxyl groups is 4. The Morgan fingerprint density at radius 2 is 1.83 bits per heavy atom. The molecule has 0 aliphatic heterocycles. The lowest BCUT2D eigenvalue weighted by molar-refractivity contribution is -0.159. The van der Waals surface area contributed by atoms with E-state index in [4.69, 9.17) is 20.4 Å². The van der Waals surface area contributed by atoms with E-state index in [1.54, 1.807) is 0 Å². The van der Waals surface area contributed by atoms with Gasteiger partial charge in [-0.1, -0.05) is 0 Å². The molecule has 6 nitrogen and oxygen atoms in total. The molecule has 0 fully saturated rings. The second-order valence-corrected chi connectivity index (χ2v) is 2.16. The highest BCUT2D eigenvalue weighted by molar-refractivity contribution is 5.74. The molecule has 0 aromatic carbocycles. The lowest BCUT2D eigenvalue weighted by atomic mass is 10.4. The first kappa shape index (κ1) is 11.3. The number of hydrogen-bond donors (Lipinski definition) is 4. The van der Waals surface area contributed by atoms with Crippen LogP contribution >= 0.6 is 0 Å². The van der Waals surface area contributed by atoms with E-state index in [9.17, 15) is 4.79 Å². The zero-order chi connectivity index (χ0) is 9.56. The van der Waals surface area contributed by atoms with Gasteiger partial charge in [-0.25, -0.2) is 4.79 Å². The van der Waals surface area contributed by atoms with Gasteiger partial charge in [0.2, 0.25) is 0 Å². The van der Waals surface area contributed by atoms with Crippen LogP contribution in [0.25, 0.3) is 0 Å². The molecule has 4 N–H and O–H groups in total. The van der Waals surface area contributed by atoms with Crippen LogP contribution in [-0.2, 0) is 9.53 Å². The van der Waals surface area contributed by atoms with Crippen LogP contribution in [0, 0.1) is 0 Å². The summed E-state index contributed by atoms with van der Waals surface area (Å²) in [7, 11) is 0. The zero-order valence-electron chi connectivity index (χ0n) is 6.38. The Hall–Kier alpha value is -0.690. The molecule has 72 valence electrons. The first-order valence-electron chi connectivity index (χ1n) is 3.36. The summed E-state index contributed by atoms with van der Waals surface area (Å²) < 4.78 is 4.29. The van der Waals surface area contributed by atoms with Crippen LogP contribution in [0.2, 0.25) is 0 Å². The number of hydrogen-bond acceptors (Lipinski definition) is 6. The maximum Gasteiger partial charge on any atom is 0.337 e. The monoisotopic (exact) mass is 180 g/mol. The molecule has 0 aromatic heterocycles. The van der Waals surface area contributed by atoms with Crippen molar-refractivity contribution in [1.29, 1.82) is 0 Å². The minimum atomic E-state index is -1.59. The predicted molar refractivity (Wildman–Crippen MR) is 37.1 cm³/mol. The summed E-state index contributed by atoms with van der Waals surface area (Å²) in [5.41, 5.74) is 0. The van der Waals surface area contributed by atoms with Gasteiger partial charge in [0.25, 0.3) is 0 Å². The number of carbonyl (C=O) groups excluding carboxylic acids is 1. The fourth-order valence-corrected chi connectivity index (χ4v) is 0.402. The van der Waals surface area contributed by atoms with E-state index in [0.717, 1.165) is 0 Å². The molecule has 0 aliphatic rings. The van der Waals surface area contributed by atoms with Crippen LogP contribution < -0.4 is 0 Å². The van der Waals surface area contributed by atoms with Gasteiger partial charge in [-0.05, 0) is 0 Å². The SMILES string of the molecule is O=C(OCC(O)CO)C(O)CO. The highest BCUT2D eigenvalue weighted by atomic mass is 16.6. The van der Waals surface area contributed by atoms with Crippen molar-refractivity contribution in [3.63, 3.8) is 0 Å². The second-order valence-electron chi connectivity index (χ2n) is 2.16. The number of ether oxygens (including phenoxy) is 1. The van der Waals surface area contributed by atoms with Gasteiger partial charge in [-0.15, -0.1) is 0 Å². The minimum absolute atomic E-state index is 0.396. The fraction of sp³-hybridized carbons (Fsp3) is 0.833. The van der Waals surface area contributed by atoms with E-state index >= 15 is 0 Å². The Balaban J connectivity index is 3.56. The van der Waals surface area contributed by atoms with Gasteiger partial charge in [-0.3, -0.25) is 0 Å². The average molecular weight is 180 g/mol. The average Bonchev–Trinajstić information content (AvgIpc) is 2.11. The summed E-state index contributed by atoms with van der Waals surface area (Å²) in [6, 6.07) is 0. The summed E-state index contributed by atoms with van der Waals surface area (Å²) in [5.74, 6) is -1.02. The molecule has 0 saturated heterocycles. The van der Waals surface area contributed by atoms with Crippen LogP contribution in [0.15, 0.2) is 0 Å². The zero-order valence-corrected chi connectivity index (χ0v) is 6.38. The molecule has 6 heteroatoms. The Morgan fingerprint density at radius 1 is 1.25 bits per heavy atom. The normalized spacial score (nSPS) is 15.3. The van der Waals surface area contributed by atoms with E-state index in [-0.39, 0.29) is 0 Å². The van der Waals surface area contributed by atoms with Crippen LogP contribution in [0.5, 0.6) is 0 Å². The summed E-state index contributed by atoms with van der Waals surface area (Å²) in [4.78, 5) is 10.6. The molecule has 0 spiro atoms. The molecule has 0 heterocycles. The molecule has 12 heavy (non-hydrogen) atoms. The van der Waals surface area contributed by atoms with Crippen molar-refractivity contribution in [3.8, 4) is 0 Å². The molecule has 2 atom stereocenters. The highest BCUT2D eigenvalue weighted by Gasteiger charge is 2.16. The molecular formula is C6H12O6. The van der Waals surface area contributed by atoms with Crippen molar-refractivity contribution in [1.82, 2.24) is 0 Å². The Kier molecular flexibility index (Phi) is 5.56. The molecule has 2 unspecified atom stereocenters. The smallest absolute Gasteiger partial charge is 0.337 e. The van der Waals surface area contributed by atoms with Crippen molar-refractivity contribution in [2.24, 2.45) is 0 Å². The first-order chi connectivity index (χ1) is 5.61. The van der Waals surface area contributed by atoms with Crippen LogP contribution in [0.3, 0.4) is 0 Å². The Bertz CT molecular complexity index is 136. The predicted octanol–water partition coefficient (Wildman–Crippen LogP) is -2.76. The molecule has 0 radical (unpaired) electrons. The lowest BCUT2D eigenvalue weighted by Gasteiger charge is -2.10. The van der Waals surface area contributed by atoms with E-state index in [2.05, 4.69) is 4.74 Å². The third kappa shape index (κ3) is 4.24. The van der Waals surface area contributed by atoms with Crippen molar-refractivity contribution in [2.45, 2.75) is 12.2 Å². The van der Waals surface area contributed by atoms with Crippen LogP contribution in [-0.4, -0.2) is 58.4 Å².